The van der Waals surface area contributed by atoms with Crippen molar-refractivity contribution >= 4 is 18.0 Å². The minimum Gasteiger partial charge on any atom is -0.469 e. The molecule has 0 spiro atoms. The molecule has 5 nitrogen and oxygen atoms in total. The highest BCUT2D eigenvalue weighted by atomic mass is 19.1. The van der Waals surface area contributed by atoms with Crippen molar-refractivity contribution in [1.29, 1.82) is 0 Å². The highest BCUT2D eigenvalue weighted by Crippen LogP contribution is 2.12. The second-order valence-corrected chi connectivity index (χ2v) is 5.62. The average Bonchev–Trinajstić information content (AvgIpc) is 3.13. The lowest BCUT2D eigenvalue weighted by molar-refractivity contribution is -0.146. The van der Waals surface area contributed by atoms with Gasteiger partial charge in [-0.05, 0) is 35.9 Å². The van der Waals surface area contributed by atoms with Crippen molar-refractivity contribution in [3.05, 3.63) is 65.9 Å². The number of esters is 1. The summed E-state index contributed by atoms with van der Waals surface area (Å²) >= 11 is 0. The van der Waals surface area contributed by atoms with Gasteiger partial charge in [0, 0.05) is 19.2 Å². The van der Waals surface area contributed by atoms with E-state index < -0.39 is 11.9 Å². The van der Waals surface area contributed by atoms with Gasteiger partial charge in [0.25, 0.3) is 0 Å². The van der Waals surface area contributed by atoms with Crippen LogP contribution in [0, 0.1) is 11.7 Å². The molecule has 1 atom stereocenters. The van der Waals surface area contributed by atoms with Crippen molar-refractivity contribution in [2.24, 2.45) is 5.92 Å². The first-order valence-corrected chi connectivity index (χ1v) is 7.82. The van der Waals surface area contributed by atoms with Crippen molar-refractivity contribution in [3.63, 3.8) is 0 Å². The number of furan rings is 1. The third-order valence-electron chi connectivity index (χ3n) is 3.63. The molecule has 0 radical (unpaired) electrons. The second-order valence-electron chi connectivity index (χ2n) is 5.62. The molecule has 6 heteroatoms. The van der Waals surface area contributed by atoms with Crippen LogP contribution in [0.25, 0.3) is 6.08 Å². The standard InChI is InChI=1S/C19H20FNO4/c1-14(19(23)24-2)12-21(13-15-5-7-16(20)8-6-15)18(22)10-9-17-4-3-11-25-17/h3-11,14H,12-13H2,1-2H3/b10-9+. The van der Waals surface area contributed by atoms with Crippen LogP contribution >= 0.6 is 0 Å². The quantitative estimate of drug-likeness (QED) is 0.571. The van der Waals surface area contributed by atoms with E-state index in [1.807, 2.05) is 0 Å². The molecule has 132 valence electrons. The number of methoxy groups -OCH3 is 1. The number of hydrogen-bond donors (Lipinski definition) is 0. The maximum absolute atomic E-state index is 13.1. The van der Waals surface area contributed by atoms with Gasteiger partial charge in [0.05, 0.1) is 19.3 Å². The number of carbonyl (C=O) groups excluding carboxylic acids is 2. The van der Waals surface area contributed by atoms with Gasteiger partial charge in [0.15, 0.2) is 0 Å². The molecular formula is C19H20FNO4. The number of benzene rings is 1. The van der Waals surface area contributed by atoms with Crippen molar-refractivity contribution in [2.75, 3.05) is 13.7 Å². The van der Waals surface area contributed by atoms with Gasteiger partial charge in [-0.2, -0.15) is 0 Å². The van der Waals surface area contributed by atoms with Crippen LogP contribution in [0.4, 0.5) is 4.39 Å². The van der Waals surface area contributed by atoms with E-state index in [2.05, 4.69) is 0 Å². The van der Waals surface area contributed by atoms with Crippen LogP contribution in [0.15, 0.2) is 53.2 Å². The van der Waals surface area contributed by atoms with E-state index in [9.17, 15) is 14.0 Å². The fraction of sp³-hybridized carbons (Fsp3) is 0.263. The number of ether oxygens (including phenoxy) is 1. The fourth-order valence-electron chi connectivity index (χ4n) is 2.29. The largest absolute Gasteiger partial charge is 0.469 e. The minimum atomic E-state index is -0.480. The summed E-state index contributed by atoms with van der Waals surface area (Å²) < 4.78 is 22.9. The van der Waals surface area contributed by atoms with Crippen molar-refractivity contribution < 1.29 is 23.1 Å². The molecule has 2 aromatic rings. The van der Waals surface area contributed by atoms with Crippen LogP contribution in [0.2, 0.25) is 0 Å². The zero-order valence-electron chi connectivity index (χ0n) is 14.1. The van der Waals surface area contributed by atoms with Crippen LogP contribution in [0.5, 0.6) is 0 Å². The average molecular weight is 345 g/mol. The molecule has 1 unspecified atom stereocenters. The van der Waals surface area contributed by atoms with Crippen LogP contribution in [-0.2, 0) is 20.9 Å². The zero-order valence-corrected chi connectivity index (χ0v) is 14.1. The maximum Gasteiger partial charge on any atom is 0.310 e. The van der Waals surface area contributed by atoms with E-state index in [1.54, 1.807) is 37.3 Å². The number of hydrogen-bond acceptors (Lipinski definition) is 4. The maximum atomic E-state index is 13.1. The Morgan fingerprint density at radius 3 is 2.60 bits per heavy atom. The summed E-state index contributed by atoms with van der Waals surface area (Å²) in [5.41, 5.74) is 0.762. The van der Waals surface area contributed by atoms with Crippen LogP contribution in [0.3, 0.4) is 0 Å². The number of carbonyl (C=O) groups is 2. The molecule has 1 aromatic heterocycles. The SMILES string of the molecule is COC(=O)C(C)CN(Cc1ccc(F)cc1)C(=O)/C=C/c1ccco1. The van der Waals surface area contributed by atoms with Crippen LogP contribution in [-0.4, -0.2) is 30.4 Å². The van der Waals surface area contributed by atoms with Crippen molar-refractivity contribution in [2.45, 2.75) is 13.5 Å². The van der Waals surface area contributed by atoms with Gasteiger partial charge in [0.2, 0.25) is 5.91 Å². The smallest absolute Gasteiger partial charge is 0.310 e. The molecule has 0 N–H and O–H groups in total. The van der Waals surface area contributed by atoms with Crippen molar-refractivity contribution in [3.8, 4) is 0 Å². The minimum absolute atomic E-state index is 0.186. The Labute approximate surface area is 145 Å². The number of nitrogens with zero attached hydrogens (tertiary/aromatic N) is 1. The lowest BCUT2D eigenvalue weighted by Crippen LogP contribution is -2.35. The van der Waals surface area contributed by atoms with E-state index in [4.69, 9.17) is 9.15 Å². The summed E-state index contributed by atoms with van der Waals surface area (Å²) in [6.07, 6.45) is 4.45. The van der Waals surface area contributed by atoms with Gasteiger partial charge in [-0.25, -0.2) is 4.39 Å². The lowest BCUT2D eigenvalue weighted by atomic mass is 10.1. The van der Waals surface area contributed by atoms with Gasteiger partial charge in [0.1, 0.15) is 11.6 Å². The molecule has 0 aliphatic heterocycles. The molecular weight excluding hydrogens is 325 g/mol. The Morgan fingerprint density at radius 1 is 1.28 bits per heavy atom. The summed E-state index contributed by atoms with van der Waals surface area (Å²) in [4.78, 5) is 25.7. The summed E-state index contributed by atoms with van der Waals surface area (Å²) in [5.74, 6) is -0.951. The molecule has 1 amide bonds. The third-order valence-corrected chi connectivity index (χ3v) is 3.63. The first-order chi connectivity index (χ1) is 12.0. The second kappa shape index (κ2) is 8.82. The molecule has 1 heterocycles. The van der Waals surface area contributed by atoms with Gasteiger partial charge < -0.3 is 14.1 Å². The monoisotopic (exact) mass is 345 g/mol. The normalized spacial score (nSPS) is 12.1. The highest BCUT2D eigenvalue weighted by Gasteiger charge is 2.20. The van der Waals surface area contributed by atoms with Gasteiger partial charge >= 0.3 is 5.97 Å². The first kappa shape index (κ1) is 18.4. The molecule has 0 bridgehead atoms. The molecule has 0 fully saturated rings. The van der Waals surface area contributed by atoms with Crippen molar-refractivity contribution in [1.82, 2.24) is 4.90 Å². The van der Waals surface area contributed by atoms with Gasteiger partial charge in [-0.15, -0.1) is 0 Å². The summed E-state index contributed by atoms with van der Waals surface area (Å²) in [5, 5.41) is 0. The number of halogens is 1. The van der Waals surface area contributed by atoms with Crippen LogP contribution < -0.4 is 0 Å². The first-order valence-electron chi connectivity index (χ1n) is 7.82. The predicted octanol–water partition coefficient (Wildman–Crippen LogP) is 3.27. The lowest BCUT2D eigenvalue weighted by Gasteiger charge is -2.24. The topological polar surface area (TPSA) is 59.8 Å². The Balaban J connectivity index is 2.13. The summed E-state index contributed by atoms with van der Waals surface area (Å²) in [6, 6.07) is 9.33. The zero-order chi connectivity index (χ0) is 18.2. The summed E-state index contributed by atoms with van der Waals surface area (Å²) in [6.45, 7) is 2.13. The Morgan fingerprint density at radius 2 is 2.00 bits per heavy atom. The predicted molar refractivity (Wildman–Crippen MR) is 90.7 cm³/mol. The summed E-state index contributed by atoms with van der Waals surface area (Å²) in [7, 11) is 1.31. The van der Waals surface area contributed by atoms with Gasteiger partial charge in [-0.3, -0.25) is 9.59 Å². The molecule has 0 aliphatic rings. The molecule has 0 saturated heterocycles. The number of amides is 1. The van der Waals surface area contributed by atoms with Gasteiger partial charge in [-0.1, -0.05) is 19.1 Å². The fourth-order valence-corrected chi connectivity index (χ4v) is 2.29. The Hall–Kier alpha value is -2.89. The van der Waals surface area contributed by atoms with E-state index in [0.29, 0.717) is 5.76 Å². The van der Waals surface area contributed by atoms with E-state index in [-0.39, 0.29) is 24.8 Å². The molecule has 1 aromatic carbocycles. The van der Waals surface area contributed by atoms with E-state index >= 15 is 0 Å². The Kier molecular flexibility index (Phi) is 6.51. The molecule has 2 rings (SSSR count). The van der Waals surface area contributed by atoms with E-state index in [1.165, 1.54) is 36.5 Å². The molecule has 0 aliphatic carbocycles. The molecule has 25 heavy (non-hydrogen) atoms. The highest BCUT2D eigenvalue weighted by molar-refractivity contribution is 5.91. The van der Waals surface area contributed by atoms with E-state index in [0.717, 1.165) is 5.56 Å². The third kappa shape index (κ3) is 5.60. The number of rotatable bonds is 7. The molecule has 0 saturated carbocycles. The van der Waals surface area contributed by atoms with Crippen LogP contribution in [0.1, 0.15) is 18.2 Å². The Bertz CT molecular complexity index is 722.